The summed E-state index contributed by atoms with van der Waals surface area (Å²) in [5.74, 6) is 0. The molecule has 0 aromatic heterocycles. The monoisotopic (exact) mass is 864 g/mol. The highest BCUT2D eigenvalue weighted by Gasteiger charge is 2.21. The predicted octanol–water partition coefficient (Wildman–Crippen LogP) is 16.7. The van der Waals surface area contributed by atoms with Crippen LogP contribution in [0.1, 0.15) is 92.9 Å². The Morgan fingerprint density at radius 1 is 0.393 bits per heavy atom. The highest BCUT2D eigenvalue weighted by atomic mass is 79.9. The Balaban J connectivity index is 1.57. The van der Waals surface area contributed by atoms with Gasteiger partial charge in [0.05, 0.1) is 22.8 Å². The molecule has 0 aliphatic rings. The predicted molar refractivity (Wildman–Crippen MR) is 252 cm³/mol. The standard InChI is InChI=1S/C52H54Br2N2/c1-33(34(2)56-49-46(31-43(53)32-47(49)54)38-21-27-42(28-22-38)52(9,10)11)55-48-44(36-17-23-40(24-18-36)50(3,4)5)29-39(35-15-13-12-14-16-35)30-45(48)37-19-25-41(26-20-37)51(6,7)8/h12-32H,1-11H3. The summed E-state index contributed by atoms with van der Waals surface area (Å²) >= 11 is 7.60. The highest BCUT2D eigenvalue weighted by Crippen LogP contribution is 2.45. The van der Waals surface area contributed by atoms with Gasteiger partial charge in [-0.25, -0.2) is 0 Å². The van der Waals surface area contributed by atoms with E-state index in [1.54, 1.807) is 0 Å². The normalized spacial score (nSPS) is 12.9. The molecule has 0 spiro atoms. The lowest BCUT2D eigenvalue weighted by molar-refractivity contribution is 0.590. The number of hydrogen-bond donors (Lipinski definition) is 0. The zero-order valence-electron chi connectivity index (χ0n) is 34.8. The lowest BCUT2D eigenvalue weighted by Gasteiger charge is -2.21. The molecule has 56 heavy (non-hydrogen) atoms. The lowest BCUT2D eigenvalue weighted by atomic mass is 9.84. The summed E-state index contributed by atoms with van der Waals surface area (Å²) in [6.07, 6.45) is 0. The van der Waals surface area contributed by atoms with Gasteiger partial charge in [0.15, 0.2) is 0 Å². The third kappa shape index (κ3) is 9.41. The molecule has 0 atom stereocenters. The van der Waals surface area contributed by atoms with Crippen LogP contribution in [0.3, 0.4) is 0 Å². The Morgan fingerprint density at radius 2 is 0.750 bits per heavy atom. The molecule has 286 valence electrons. The van der Waals surface area contributed by atoms with Gasteiger partial charge in [0, 0.05) is 25.6 Å². The molecule has 0 saturated carbocycles. The van der Waals surface area contributed by atoms with Crippen LogP contribution in [-0.2, 0) is 16.2 Å². The van der Waals surface area contributed by atoms with Crippen molar-refractivity contribution >= 4 is 54.7 Å². The summed E-state index contributed by atoms with van der Waals surface area (Å²) in [5, 5.41) is 0. The lowest BCUT2D eigenvalue weighted by Crippen LogP contribution is -2.10. The van der Waals surface area contributed by atoms with Gasteiger partial charge in [-0.15, -0.1) is 0 Å². The number of nitrogens with zero attached hydrogens (tertiary/aromatic N) is 2. The highest BCUT2D eigenvalue weighted by molar-refractivity contribution is 9.11. The summed E-state index contributed by atoms with van der Waals surface area (Å²) in [7, 11) is 0. The van der Waals surface area contributed by atoms with Gasteiger partial charge in [0.1, 0.15) is 0 Å². The molecule has 0 aliphatic heterocycles. The first kappa shape index (κ1) is 41.3. The topological polar surface area (TPSA) is 24.7 Å². The van der Waals surface area contributed by atoms with Gasteiger partial charge in [-0.1, -0.05) is 181 Å². The third-order valence-corrected chi connectivity index (χ3v) is 11.6. The van der Waals surface area contributed by atoms with Crippen molar-refractivity contribution in [3.8, 4) is 44.5 Å². The van der Waals surface area contributed by atoms with Gasteiger partial charge in [-0.2, -0.15) is 0 Å². The molecule has 0 bridgehead atoms. The minimum Gasteiger partial charge on any atom is -0.251 e. The van der Waals surface area contributed by atoms with Crippen LogP contribution in [0.25, 0.3) is 44.5 Å². The number of rotatable bonds is 7. The van der Waals surface area contributed by atoms with E-state index in [2.05, 4.69) is 235 Å². The maximum absolute atomic E-state index is 5.53. The van der Waals surface area contributed by atoms with E-state index in [0.717, 1.165) is 70.7 Å². The SMILES string of the molecule is CC(=Nc1c(Br)cc(Br)cc1-c1ccc(C(C)(C)C)cc1)C(C)=Nc1c(-c2ccc(C(C)(C)C)cc2)cc(-c2ccccc2)cc1-c1ccc(C(C)(C)C)cc1. The van der Waals surface area contributed by atoms with E-state index in [1.807, 2.05) is 0 Å². The van der Waals surface area contributed by atoms with Crippen LogP contribution >= 0.6 is 31.9 Å². The smallest absolute Gasteiger partial charge is 0.0854 e. The average molecular weight is 867 g/mol. The van der Waals surface area contributed by atoms with E-state index in [1.165, 1.54) is 22.3 Å². The first-order chi connectivity index (χ1) is 26.3. The minimum absolute atomic E-state index is 0.0459. The number of halogens is 2. The van der Waals surface area contributed by atoms with Crippen molar-refractivity contribution in [2.75, 3.05) is 0 Å². The van der Waals surface area contributed by atoms with E-state index < -0.39 is 0 Å². The van der Waals surface area contributed by atoms with Gasteiger partial charge in [-0.3, -0.25) is 9.98 Å². The Bertz CT molecular complexity index is 2320. The fourth-order valence-electron chi connectivity index (χ4n) is 6.84. The fourth-order valence-corrected chi connectivity index (χ4v) is 8.15. The van der Waals surface area contributed by atoms with Gasteiger partial charge >= 0.3 is 0 Å². The zero-order valence-corrected chi connectivity index (χ0v) is 37.9. The molecular formula is C52H54Br2N2. The maximum Gasteiger partial charge on any atom is 0.0854 e. The van der Waals surface area contributed by atoms with Crippen LogP contribution in [0.5, 0.6) is 0 Å². The van der Waals surface area contributed by atoms with Crippen molar-refractivity contribution < 1.29 is 0 Å². The Kier molecular flexibility index (Phi) is 12.0. The van der Waals surface area contributed by atoms with Crippen molar-refractivity contribution in [1.82, 2.24) is 0 Å². The molecule has 2 nitrogen and oxygen atoms in total. The van der Waals surface area contributed by atoms with Gasteiger partial charge in [0.25, 0.3) is 0 Å². The summed E-state index contributed by atoms with van der Waals surface area (Å²) in [4.78, 5) is 10.8. The van der Waals surface area contributed by atoms with Gasteiger partial charge in [-0.05, 0) is 115 Å². The molecule has 6 aromatic carbocycles. The van der Waals surface area contributed by atoms with Crippen LogP contribution in [0.2, 0.25) is 0 Å². The second kappa shape index (κ2) is 16.2. The van der Waals surface area contributed by atoms with Crippen LogP contribution in [0, 0.1) is 0 Å². The molecule has 0 unspecified atom stereocenters. The first-order valence-electron chi connectivity index (χ1n) is 19.5. The summed E-state index contributed by atoms with van der Waals surface area (Å²) in [6.45, 7) is 24.4. The van der Waals surface area contributed by atoms with Crippen molar-refractivity contribution in [3.05, 3.63) is 153 Å². The number of benzene rings is 6. The van der Waals surface area contributed by atoms with E-state index >= 15 is 0 Å². The van der Waals surface area contributed by atoms with Gasteiger partial charge < -0.3 is 0 Å². The summed E-state index contributed by atoms with van der Waals surface area (Å²) < 4.78 is 1.91. The molecule has 0 N–H and O–H groups in total. The molecule has 6 aromatic rings. The number of aliphatic imine (C=N–C) groups is 2. The molecule has 0 aliphatic carbocycles. The molecule has 0 amide bonds. The van der Waals surface area contributed by atoms with Crippen LogP contribution in [0.15, 0.2) is 146 Å². The molecule has 0 fully saturated rings. The van der Waals surface area contributed by atoms with E-state index in [9.17, 15) is 0 Å². The third-order valence-electron chi connectivity index (χ3n) is 10.5. The maximum atomic E-state index is 5.53. The molecule has 0 heterocycles. The Labute approximate surface area is 352 Å². The van der Waals surface area contributed by atoms with Crippen molar-refractivity contribution in [3.63, 3.8) is 0 Å². The molecule has 0 radical (unpaired) electrons. The largest absolute Gasteiger partial charge is 0.251 e. The average Bonchev–Trinajstić information content (AvgIpc) is 3.15. The molecule has 6 rings (SSSR count). The van der Waals surface area contributed by atoms with Crippen molar-refractivity contribution in [1.29, 1.82) is 0 Å². The Morgan fingerprint density at radius 3 is 1.12 bits per heavy atom. The van der Waals surface area contributed by atoms with E-state index in [4.69, 9.17) is 9.98 Å². The molecular weight excluding hydrogens is 812 g/mol. The minimum atomic E-state index is 0.0459. The van der Waals surface area contributed by atoms with Gasteiger partial charge in [0.2, 0.25) is 0 Å². The van der Waals surface area contributed by atoms with Crippen LogP contribution in [0.4, 0.5) is 11.4 Å². The van der Waals surface area contributed by atoms with E-state index in [-0.39, 0.29) is 16.2 Å². The van der Waals surface area contributed by atoms with Crippen LogP contribution < -0.4 is 0 Å². The quantitative estimate of drug-likeness (QED) is 0.143. The summed E-state index contributed by atoms with van der Waals surface area (Å²) in [5.41, 5.74) is 16.4. The second-order valence-electron chi connectivity index (χ2n) is 17.9. The molecule has 4 heteroatoms. The van der Waals surface area contributed by atoms with Crippen molar-refractivity contribution in [2.24, 2.45) is 9.98 Å². The molecule has 0 saturated heterocycles. The second-order valence-corrected chi connectivity index (χ2v) is 19.7. The first-order valence-corrected chi connectivity index (χ1v) is 21.0. The van der Waals surface area contributed by atoms with Crippen molar-refractivity contribution in [2.45, 2.75) is 92.4 Å². The summed E-state index contributed by atoms with van der Waals surface area (Å²) in [6, 6.07) is 46.4. The number of hydrogen-bond acceptors (Lipinski definition) is 2. The van der Waals surface area contributed by atoms with Crippen LogP contribution in [-0.4, -0.2) is 11.4 Å². The fraction of sp³-hybridized carbons (Fsp3) is 0.269. The van der Waals surface area contributed by atoms with E-state index in [0.29, 0.717) is 0 Å². The Hall–Kier alpha value is -4.38. The zero-order chi connectivity index (χ0) is 40.6.